The molecule has 12 nitrogen and oxygen atoms in total. The maximum Gasteiger partial charge on any atom is 0.352 e. The van der Waals surface area contributed by atoms with Gasteiger partial charge in [-0.1, -0.05) is 32.9 Å². The van der Waals surface area contributed by atoms with Crippen molar-refractivity contribution >= 4 is 50.0 Å². The molecule has 1 amide bonds. The van der Waals surface area contributed by atoms with Crippen LogP contribution in [0, 0.1) is 0 Å². The highest BCUT2D eigenvalue weighted by molar-refractivity contribution is 7.92. The van der Waals surface area contributed by atoms with E-state index in [1.807, 2.05) is 39.0 Å². The lowest BCUT2D eigenvalue weighted by atomic mass is 9.85. The molecule has 0 atom stereocenters. The zero-order valence-electron chi connectivity index (χ0n) is 23.0. The third-order valence-electron chi connectivity index (χ3n) is 5.84. The van der Waals surface area contributed by atoms with E-state index < -0.39 is 21.9 Å². The van der Waals surface area contributed by atoms with Crippen LogP contribution in [0.15, 0.2) is 55.0 Å². The Bertz CT molecular complexity index is 1660. The summed E-state index contributed by atoms with van der Waals surface area (Å²) in [5, 5.41) is 13.2. The van der Waals surface area contributed by atoms with Crippen LogP contribution in [0.3, 0.4) is 0 Å². The van der Waals surface area contributed by atoms with Crippen molar-refractivity contribution in [1.29, 1.82) is 0 Å². The van der Waals surface area contributed by atoms with Crippen molar-refractivity contribution in [1.82, 2.24) is 14.5 Å². The Kier molecular flexibility index (Phi) is 8.68. The number of nitrogens with one attached hydrogen (secondary N) is 2. The highest BCUT2D eigenvalue weighted by atomic mass is 32.2. The van der Waals surface area contributed by atoms with Crippen LogP contribution in [0.1, 0.15) is 47.2 Å². The summed E-state index contributed by atoms with van der Waals surface area (Å²) in [6.07, 6.45) is 4.12. The second-order valence-electron chi connectivity index (χ2n) is 9.95. The molecule has 0 radical (unpaired) electrons. The summed E-state index contributed by atoms with van der Waals surface area (Å²) in [7, 11) is -0.410. The van der Waals surface area contributed by atoms with Gasteiger partial charge in [-0.2, -0.15) is 0 Å². The Morgan fingerprint density at radius 2 is 1.80 bits per heavy atom. The number of methoxy groups -OCH3 is 1. The molecule has 0 fully saturated rings. The van der Waals surface area contributed by atoms with E-state index in [2.05, 4.69) is 20.0 Å². The molecule has 5 N–H and O–H groups in total. The normalized spacial score (nSPS) is 11.3. The minimum absolute atomic E-state index is 0.121. The number of amides is 1. The summed E-state index contributed by atoms with van der Waals surface area (Å²) in [5.41, 5.74) is 8.06. The number of hydrogen-bond donors (Lipinski definition) is 4. The van der Waals surface area contributed by atoms with Crippen LogP contribution in [-0.2, 0) is 22.5 Å². The number of primary amides is 1. The molecule has 0 bridgehead atoms. The lowest BCUT2D eigenvalue weighted by molar-refractivity contribution is 0.0686. The first kappa shape index (κ1) is 29.9. The number of hydrogen-bond acceptors (Lipinski definition) is 8. The van der Waals surface area contributed by atoms with E-state index in [0.717, 1.165) is 28.4 Å². The van der Waals surface area contributed by atoms with Crippen LogP contribution in [0.5, 0.6) is 5.75 Å². The van der Waals surface area contributed by atoms with E-state index in [1.54, 1.807) is 42.1 Å². The molecule has 212 valence electrons. The van der Waals surface area contributed by atoms with Gasteiger partial charge in [-0.25, -0.2) is 23.2 Å². The standard InChI is InChI=1S/C14H12N4O2.C13H20N2O4S/c1-18-11(14(19)20)7-9-3-2-4-10(13(9)18)17-12-5-6-15-8-16-12;1-13(2,3)8-6-9(12(14)16)11(19-4)10(7-8)15-20(5,17)18/h2-8H,1H3,(H,19,20)(H,15,16,17);6-7,15H,1-5H3,(H2,14,16). The second-order valence-corrected chi connectivity index (χ2v) is 11.7. The highest BCUT2D eigenvalue weighted by Crippen LogP contribution is 2.35. The van der Waals surface area contributed by atoms with Gasteiger partial charge < -0.3 is 25.5 Å². The Morgan fingerprint density at radius 3 is 2.33 bits per heavy atom. The minimum atomic E-state index is -3.50. The fraction of sp³-hybridized carbons (Fsp3) is 0.259. The van der Waals surface area contributed by atoms with E-state index in [0.29, 0.717) is 5.82 Å². The van der Waals surface area contributed by atoms with Gasteiger partial charge >= 0.3 is 5.97 Å². The first-order valence-electron chi connectivity index (χ1n) is 12.0. The van der Waals surface area contributed by atoms with E-state index >= 15 is 0 Å². The summed E-state index contributed by atoms with van der Waals surface area (Å²) in [4.78, 5) is 30.7. The number of aryl methyl sites for hydroxylation is 1. The molecule has 2 heterocycles. The SMILES string of the molecule is COc1c(NS(C)(=O)=O)cc(C(C)(C)C)cc1C(N)=O.Cn1c(C(=O)O)cc2cccc(Nc3ccncn3)c21. The van der Waals surface area contributed by atoms with E-state index in [-0.39, 0.29) is 28.1 Å². The number of nitrogens with zero attached hydrogens (tertiary/aromatic N) is 3. The van der Waals surface area contributed by atoms with Gasteiger partial charge in [0.2, 0.25) is 10.0 Å². The number of anilines is 3. The summed E-state index contributed by atoms with van der Waals surface area (Å²) in [5.74, 6) is -0.845. The Hall–Kier alpha value is -4.65. The van der Waals surface area contributed by atoms with E-state index in [9.17, 15) is 23.1 Å². The fourth-order valence-corrected chi connectivity index (χ4v) is 4.52. The van der Waals surface area contributed by atoms with Gasteiger partial charge in [0, 0.05) is 18.6 Å². The van der Waals surface area contributed by atoms with E-state index in [1.165, 1.54) is 13.4 Å². The molecule has 0 aliphatic rings. The number of carboxylic acids is 1. The van der Waals surface area contributed by atoms with Crippen LogP contribution in [0.2, 0.25) is 0 Å². The van der Waals surface area contributed by atoms with Crippen molar-refractivity contribution in [3.63, 3.8) is 0 Å². The van der Waals surface area contributed by atoms with Crippen LogP contribution in [0.25, 0.3) is 10.9 Å². The zero-order chi connectivity index (χ0) is 29.8. The van der Waals surface area contributed by atoms with Gasteiger partial charge in [0.1, 0.15) is 17.8 Å². The predicted molar refractivity (Wildman–Crippen MR) is 154 cm³/mol. The number of carboxylic acid groups (broad SMARTS) is 1. The molecule has 0 spiro atoms. The van der Waals surface area contributed by atoms with Gasteiger partial charge in [0.05, 0.1) is 35.8 Å². The van der Waals surface area contributed by atoms with Crippen molar-refractivity contribution in [2.75, 3.05) is 23.4 Å². The number of aromatic carboxylic acids is 1. The molecule has 2 aromatic heterocycles. The van der Waals surface area contributed by atoms with E-state index in [4.69, 9.17) is 10.5 Å². The lowest BCUT2D eigenvalue weighted by Crippen LogP contribution is -2.19. The molecule has 0 aliphatic heterocycles. The summed E-state index contributed by atoms with van der Waals surface area (Å²) in [6.45, 7) is 5.84. The monoisotopic (exact) mass is 568 g/mol. The van der Waals surface area contributed by atoms with Crippen LogP contribution >= 0.6 is 0 Å². The highest BCUT2D eigenvalue weighted by Gasteiger charge is 2.23. The van der Waals surface area contributed by atoms with Crippen molar-refractivity contribution in [2.45, 2.75) is 26.2 Å². The number of para-hydroxylation sites is 1. The van der Waals surface area contributed by atoms with Gasteiger partial charge in [-0.05, 0) is 41.3 Å². The quantitative estimate of drug-likeness (QED) is 0.257. The number of ether oxygens (including phenoxy) is 1. The average molecular weight is 569 g/mol. The molecule has 0 unspecified atom stereocenters. The largest absolute Gasteiger partial charge is 0.494 e. The molecular weight excluding hydrogens is 536 g/mol. The molecule has 4 aromatic rings. The molecule has 0 saturated carbocycles. The number of rotatable bonds is 7. The first-order valence-corrected chi connectivity index (χ1v) is 13.9. The topological polar surface area (TPSA) is 179 Å². The molecule has 0 aliphatic carbocycles. The lowest BCUT2D eigenvalue weighted by Gasteiger charge is -2.23. The molecular formula is C27H32N6O6S. The Labute approximate surface area is 232 Å². The number of carbonyl (C=O) groups excluding carboxylic acids is 1. The summed E-state index contributed by atoms with van der Waals surface area (Å²) in [6, 6.07) is 12.3. The van der Waals surface area contributed by atoms with Crippen molar-refractivity contribution in [2.24, 2.45) is 12.8 Å². The molecule has 2 aromatic carbocycles. The van der Waals surface area contributed by atoms with Crippen LogP contribution in [0.4, 0.5) is 17.2 Å². The van der Waals surface area contributed by atoms with Crippen molar-refractivity contribution < 1.29 is 27.9 Å². The van der Waals surface area contributed by atoms with Gasteiger partial charge in [-0.3, -0.25) is 9.52 Å². The number of fused-ring (bicyclic) bond motifs is 1. The number of carbonyl (C=O) groups is 2. The maximum absolute atomic E-state index is 11.5. The first-order chi connectivity index (χ1) is 18.6. The average Bonchev–Trinajstić information content (AvgIpc) is 3.20. The van der Waals surface area contributed by atoms with Gasteiger partial charge in [-0.15, -0.1) is 0 Å². The van der Waals surface area contributed by atoms with Crippen molar-refractivity contribution in [3.05, 3.63) is 71.8 Å². The number of aromatic nitrogens is 3. The third kappa shape index (κ3) is 7.05. The van der Waals surface area contributed by atoms with Crippen LogP contribution < -0.4 is 20.5 Å². The minimum Gasteiger partial charge on any atom is -0.494 e. The smallest absolute Gasteiger partial charge is 0.352 e. The summed E-state index contributed by atoms with van der Waals surface area (Å²) >= 11 is 0. The Balaban J connectivity index is 0.000000220. The predicted octanol–water partition coefficient (Wildman–Crippen LogP) is 3.87. The molecule has 0 saturated heterocycles. The molecule has 40 heavy (non-hydrogen) atoms. The number of nitrogens with two attached hydrogens (primary N) is 1. The van der Waals surface area contributed by atoms with Gasteiger partial charge in [0.15, 0.2) is 5.75 Å². The number of sulfonamides is 1. The number of benzene rings is 2. The molecule has 13 heteroatoms. The fourth-order valence-electron chi connectivity index (χ4n) is 3.97. The Morgan fingerprint density at radius 1 is 1.10 bits per heavy atom. The summed E-state index contributed by atoms with van der Waals surface area (Å²) < 4.78 is 32.0. The van der Waals surface area contributed by atoms with Crippen molar-refractivity contribution in [3.8, 4) is 5.75 Å². The van der Waals surface area contributed by atoms with Gasteiger partial charge in [0.25, 0.3) is 5.91 Å². The zero-order valence-corrected chi connectivity index (χ0v) is 23.8. The second kappa shape index (κ2) is 11.6. The third-order valence-corrected chi connectivity index (χ3v) is 6.43. The van der Waals surface area contributed by atoms with Crippen LogP contribution in [-0.4, -0.2) is 53.3 Å². The maximum atomic E-state index is 11.5. The molecule has 4 rings (SSSR count).